The molecule has 1 aromatic heterocycles. The maximum atomic E-state index is 13.7. The predicted molar refractivity (Wildman–Crippen MR) is 167 cm³/mol. The van der Waals surface area contributed by atoms with Gasteiger partial charge in [-0.15, -0.1) is 0 Å². The number of thiazole rings is 1. The molecule has 7 heteroatoms. The third kappa shape index (κ3) is 5.34. The number of hydrogen-bond acceptors (Lipinski definition) is 6. The number of aliphatic hydroxyl groups is 1. The number of carbonyl (C=O) groups is 2. The van der Waals surface area contributed by atoms with Crippen LogP contribution in [-0.4, -0.2) is 21.8 Å². The first-order chi connectivity index (χ1) is 20.4. The van der Waals surface area contributed by atoms with Crippen LogP contribution in [0, 0.1) is 13.8 Å². The van der Waals surface area contributed by atoms with E-state index in [1.165, 1.54) is 22.3 Å². The first-order valence-electron chi connectivity index (χ1n) is 13.6. The van der Waals surface area contributed by atoms with Crippen molar-refractivity contribution in [1.29, 1.82) is 0 Å². The molecular formula is C35H28N2O4S. The third-order valence-electron chi connectivity index (χ3n) is 7.15. The van der Waals surface area contributed by atoms with Crippen LogP contribution < -0.4 is 9.64 Å². The Morgan fingerprint density at radius 3 is 2.48 bits per heavy atom. The molecule has 1 amide bonds. The fraction of sp³-hybridized carbons (Fsp3) is 0.114. The van der Waals surface area contributed by atoms with Gasteiger partial charge in [0.2, 0.25) is 0 Å². The van der Waals surface area contributed by atoms with Gasteiger partial charge in [0, 0.05) is 0 Å². The normalized spacial score (nSPS) is 15.2. The van der Waals surface area contributed by atoms with Crippen molar-refractivity contribution in [3.8, 4) is 5.75 Å². The summed E-state index contributed by atoms with van der Waals surface area (Å²) >= 11 is 1.36. The zero-order chi connectivity index (χ0) is 29.2. The van der Waals surface area contributed by atoms with Crippen LogP contribution in [0.25, 0.3) is 16.3 Å². The Hall–Kier alpha value is -5.01. The van der Waals surface area contributed by atoms with E-state index in [-0.39, 0.29) is 5.57 Å². The lowest BCUT2D eigenvalue weighted by atomic mass is 9.95. The lowest BCUT2D eigenvalue weighted by molar-refractivity contribution is -0.117. The lowest BCUT2D eigenvalue weighted by Gasteiger charge is -2.24. The molecule has 208 valence electrons. The predicted octanol–water partition coefficient (Wildman–Crippen LogP) is 7.67. The van der Waals surface area contributed by atoms with Crippen LogP contribution in [0.5, 0.6) is 5.75 Å². The monoisotopic (exact) mass is 572 g/mol. The van der Waals surface area contributed by atoms with Crippen LogP contribution in [0.3, 0.4) is 0 Å². The van der Waals surface area contributed by atoms with Gasteiger partial charge in [0.1, 0.15) is 12.4 Å². The van der Waals surface area contributed by atoms with E-state index >= 15 is 0 Å². The number of rotatable bonds is 8. The molecule has 1 aliphatic rings. The van der Waals surface area contributed by atoms with Crippen LogP contribution in [0.4, 0.5) is 5.13 Å². The second-order valence-electron chi connectivity index (χ2n) is 10.2. The van der Waals surface area contributed by atoms with Crippen molar-refractivity contribution in [1.82, 2.24) is 4.98 Å². The Morgan fingerprint density at radius 2 is 1.71 bits per heavy atom. The first-order valence-corrected chi connectivity index (χ1v) is 14.4. The van der Waals surface area contributed by atoms with Crippen molar-refractivity contribution < 1.29 is 19.4 Å². The molecule has 1 N–H and O–H groups in total. The lowest BCUT2D eigenvalue weighted by Crippen LogP contribution is -2.30. The molecule has 0 aliphatic carbocycles. The molecule has 6 nitrogen and oxygen atoms in total. The highest BCUT2D eigenvalue weighted by Gasteiger charge is 2.45. The van der Waals surface area contributed by atoms with Gasteiger partial charge in [-0.3, -0.25) is 14.5 Å². The summed E-state index contributed by atoms with van der Waals surface area (Å²) in [5.41, 5.74) is 5.34. The van der Waals surface area contributed by atoms with E-state index in [4.69, 9.17) is 9.72 Å². The molecule has 0 radical (unpaired) electrons. The molecule has 1 atom stereocenters. The average molecular weight is 573 g/mol. The van der Waals surface area contributed by atoms with Crippen molar-refractivity contribution >= 4 is 44.5 Å². The number of aliphatic hydroxyl groups excluding tert-OH is 1. The maximum absolute atomic E-state index is 13.7. The minimum atomic E-state index is -0.896. The molecule has 5 aromatic rings. The molecule has 0 saturated carbocycles. The maximum Gasteiger partial charge on any atom is 0.296 e. The van der Waals surface area contributed by atoms with Crippen LogP contribution in [-0.2, 0) is 16.2 Å². The van der Waals surface area contributed by atoms with Gasteiger partial charge < -0.3 is 9.84 Å². The van der Waals surface area contributed by atoms with E-state index in [1.807, 2.05) is 111 Å². The van der Waals surface area contributed by atoms with Crippen molar-refractivity contribution in [2.75, 3.05) is 4.90 Å². The molecule has 42 heavy (non-hydrogen) atoms. The second kappa shape index (κ2) is 11.5. The SMILES string of the molecule is Cc1cc(C)c2nc(N3C(=O)C(O)=C(C(=O)/C=C/c4ccccc4)C3c3cccc(OCc4ccccc4)c3)sc2c1. The summed E-state index contributed by atoms with van der Waals surface area (Å²) < 4.78 is 7.00. The Kier molecular flexibility index (Phi) is 7.42. The van der Waals surface area contributed by atoms with Gasteiger partial charge in [-0.05, 0) is 65.9 Å². The average Bonchev–Trinajstić information content (AvgIpc) is 3.54. The Bertz CT molecular complexity index is 1860. The molecular weight excluding hydrogens is 544 g/mol. The Balaban J connectivity index is 1.42. The summed E-state index contributed by atoms with van der Waals surface area (Å²) in [4.78, 5) is 33.6. The summed E-state index contributed by atoms with van der Waals surface area (Å²) in [6, 6.07) is 29.7. The number of anilines is 1. The summed E-state index contributed by atoms with van der Waals surface area (Å²) in [5, 5.41) is 11.6. The number of amides is 1. The highest BCUT2D eigenvalue weighted by atomic mass is 32.1. The zero-order valence-electron chi connectivity index (χ0n) is 23.2. The van der Waals surface area contributed by atoms with Crippen LogP contribution in [0.15, 0.2) is 114 Å². The van der Waals surface area contributed by atoms with Crippen molar-refractivity contribution in [3.05, 3.63) is 142 Å². The Labute approximate surface area is 247 Å². The number of ether oxygens (including phenoxy) is 1. The van der Waals surface area contributed by atoms with E-state index in [0.717, 1.165) is 32.5 Å². The van der Waals surface area contributed by atoms with E-state index in [9.17, 15) is 14.7 Å². The summed E-state index contributed by atoms with van der Waals surface area (Å²) in [6.07, 6.45) is 3.07. The molecule has 0 bridgehead atoms. The molecule has 6 rings (SSSR count). The van der Waals surface area contributed by atoms with Crippen LogP contribution >= 0.6 is 11.3 Å². The number of nitrogens with zero attached hydrogens (tertiary/aromatic N) is 2. The number of carbonyl (C=O) groups excluding carboxylic acids is 2. The van der Waals surface area contributed by atoms with Gasteiger partial charge in [-0.2, -0.15) is 0 Å². The van der Waals surface area contributed by atoms with Crippen molar-refractivity contribution in [2.45, 2.75) is 26.5 Å². The van der Waals surface area contributed by atoms with Gasteiger partial charge in [-0.25, -0.2) is 4.98 Å². The smallest absolute Gasteiger partial charge is 0.296 e. The summed E-state index contributed by atoms with van der Waals surface area (Å²) in [5.74, 6) is -1.12. The quantitative estimate of drug-likeness (QED) is 0.193. The number of ketones is 1. The fourth-order valence-electron chi connectivity index (χ4n) is 5.17. The van der Waals surface area contributed by atoms with Gasteiger partial charge in [-0.1, -0.05) is 96.3 Å². The highest BCUT2D eigenvalue weighted by Crippen LogP contribution is 2.44. The number of allylic oxidation sites excluding steroid dienone is 1. The topological polar surface area (TPSA) is 79.7 Å². The number of benzene rings is 4. The van der Waals surface area contributed by atoms with E-state index in [1.54, 1.807) is 6.08 Å². The molecule has 2 heterocycles. The largest absolute Gasteiger partial charge is 0.503 e. The van der Waals surface area contributed by atoms with Crippen LogP contribution in [0.1, 0.15) is 33.9 Å². The number of aryl methyl sites for hydroxylation is 2. The molecule has 0 saturated heterocycles. The summed E-state index contributed by atoms with van der Waals surface area (Å²) in [6.45, 7) is 4.36. The van der Waals surface area contributed by atoms with Crippen molar-refractivity contribution in [3.63, 3.8) is 0 Å². The van der Waals surface area contributed by atoms with Crippen LogP contribution in [0.2, 0.25) is 0 Å². The van der Waals surface area contributed by atoms with Gasteiger partial charge in [0.15, 0.2) is 16.7 Å². The summed E-state index contributed by atoms with van der Waals surface area (Å²) in [7, 11) is 0. The van der Waals surface area contributed by atoms with Gasteiger partial charge >= 0.3 is 0 Å². The first kappa shape index (κ1) is 27.2. The molecule has 0 fully saturated rings. The molecule has 1 aliphatic heterocycles. The highest BCUT2D eigenvalue weighted by molar-refractivity contribution is 7.22. The second-order valence-corrected chi connectivity index (χ2v) is 11.2. The third-order valence-corrected chi connectivity index (χ3v) is 8.15. The number of aromatic nitrogens is 1. The molecule has 0 spiro atoms. The molecule has 1 unspecified atom stereocenters. The van der Waals surface area contributed by atoms with Gasteiger partial charge in [0.05, 0.1) is 21.8 Å². The van der Waals surface area contributed by atoms with E-state index < -0.39 is 23.5 Å². The van der Waals surface area contributed by atoms with Gasteiger partial charge in [0.25, 0.3) is 5.91 Å². The minimum absolute atomic E-state index is 0.000417. The number of hydrogen-bond donors (Lipinski definition) is 1. The number of fused-ring (bicyclic) bond motifs is 1. The minimum Gasteiger partial charge on any atom is -0.503 e. The van der Waals surface area contributed by atoms with Crippen molar-refractivity contribution in [2.24, 2.45) is 0 Å². The van der Waals surface area contributed by atoms with E-state index in [2.05, 4.69) is 0 Å². The Morgan fingerprint density at radius 1 is 0.976 bits per heavy atom. The zero-order valence-corrected chi connectivity index (χ0v) is 24.0. The van der Waals surface area contributed by atoms with E-state index in [0.29, 0.717) is 23.1 Å². The molecule has 4 aromatic carbocycles. The fourth-order valence-corrected chi connectivity index (χ4v) is 6.34. The standard InChI is InChI=1S/C35H28N2O4S/c1-22-18-23(2)31-29(19-22)42-35(36-31)37-32(26-14-9-15-27(20-26)41-21-25-12-7-4-8-13-25)30(33(39)34(37)40)28(38)17-16-24-10-5-3-6-11-24/h3-20,32,39H,21H2,1-2H3/b17-16+.